The summed E-state index contributed by atoms with van der Waals surface area (Å²) < 4.78 is 0. The van der Waals surface area contributed by atoms with Crippen LogP contribution in [0, 0.1) is 5.92 Å². The lowest BCUT2D eigenvalue weighted by Gasteiger charge is -2.29. The van der Waals surface area contributed by atoms with Crippen LogP contribution in [-0.2, 0) is 54.4 Å². The Bertz CT molecular complexity index is 1920. The van der Waals surface area contributed by atoms with E-state index in [1.54, 1.807) is 13.8 Å². The van der Waals surface area contributed by atoms with Gasteiger partial charge in [-0.2, -0.15) is 0 Å². The normalized spacial score (nSPS) is 17.2. The van der Waals surface area contributed by atoms with Crippen LogP contribution in [0.3, 0.4) is 0 Å². The minimum Gasteiger partial charge on any atom is -0.508 e. The molecule has 1 aromatic carbocycles. The molecule has 68 heavy (non-hydrogen) atoms. The van der Waals surface area contributed by atoms with E-state index in [4.69, 9.17) is 11.5 Å². The lowest BCUT2D eigenvalue weighted by molar-refractivity contribution is -0.143. The van der Waals surface area contributed by atoms with Gasteiger partial charge in [0.05, 0.1) is 19.8 Å². The molecule has 10 atom stereocenters. The average Bonchev–Trinajstić information content (AvgIpc) is 3.81. The third kappa shape index (κ3) is 18.0. The number of aliphatic hydroxyl groups is 2. The molecule has 0 bridgehead atoms. The number of aromatic hydroxyl groups is 1. The molecule has 9 amide bonds. The van der Waals surface area contributed by atoms with Crippen molar-refractivity contribution in [2.24, 2.45) is 17.4 Å². The highest BCUT2D eigenvalue weighted by Crippen LogP contribution is 2.18. The number of likely N-dealkylation sites (tertiary alicyclic amines) is 1. The summed E-state index contributed by atoms with van der Waals surface area (Å²) in [4.78, 5) is 132. The number of nitrogens with zero attached hydrogens (tertiary/aromatic N) is 1. The van der Waals surface area contributed by atoms with Gasteiger partial charge in [-0.15, -0.1) is 0 Å². The molecule has 16 N–H and O–H groups in total. The van der Waals surface area contributed by atoms with E-state index in [9.17, 15) is 68.4 Å². The first-order valence-corrected chi connectivity index (χ1v) is 22.5. The Labute approximate surface area is 394 Å². The molecule has 25 nitrogen and oxygen atoms in total. The SMILES string of the molecule is CC[C@H](C)[C@H](NC(=O)[C@H](Cc1ccc(O)cc1)NC(=O)[C@H](C)NC(=O)[C@H](C)NC(=O)[C@@H]1CCCN1C(=O)CN)C(=O)N[C@@H](CO)C(=O)N[C@@H](C)C(=O)N[C@@H](CCCCN)C(=O)N[C@@H](CO)C(=O)O. The van der Waals surface area contributed by atoms with Crippen molar-refractivity contribution in [2.45, 2.75) is 134 Å². The number of hydrogen-bond donors (Lipinski definition) is 14. The Morgan fingerprint density at radius 2 is 1.15 bits per heavy atom. The van der Waals surface area contributed by atoms with Crippen LogP contribution in [0.2, 0.25) is 0 Å². The van der Waals surface area contributed by atoms with Crippen molar-refractivity contribution in [3.05, 3.63) is 29.8 Å². The number of aliphatic hydroxyl groups excluding tert-OH is 2. The Morgan fingerprint density at radius 1 is 0.647 bits per heavy atom. The quantitative estimate of drug-likeness (QED) is 0.0350. The van der Waals surface area contributed by atoms with Crippen molar-refractivity contribution in [2.75, 3.05) is 32.8 Å². The molecule has 380 valence electrons. The van der Waals surface area contributed by atoms with E-state index >= 15 is 0 Å². The van der Waals surface area contributed by atoms with Gasteiger partial charge in [-0.25, -0.2) is 4.79 Å². The minimum atomic E-state index is -1.67. The zero-order valence-corrected chi connectivity index (χ0v) is 39.0. The predicted octanol–water partition coefficient (Wildman–Crippen LogP) is -4.93. The standard InChI is InChI=1S/C43H69N11O14/c1-6-22(2)34(42(66)51-30(20-55)40(64)47-25(5)36(60)49-28(10-7-8-16-44)38(62)52-31(21-56)43(67)68)53-39(63)29(18-26-12-14-27(57)15-13-26)50-37(61)24(4)46-35(59)23(3)48-41(65)32-11-9-17-54(32)33(58)19-45/h12-15,22-25,28-32,34,55-57H,6-11,16-21,44-45H2,1-5H3,(H,46,59)(H,47,64)(H,48,65)(H,49,60)(H,50,61)(H,51,66)(H,52,62)(H,53,63)(H,67,68)/t22-,23-,24-,25-,28-,29-,30-,31-,32-,34-/m0/s1. The maximum absolute atomic E-state index is 14.0. The van der Waals surface area contributed by atoms with Crippen LogP contribution in [-0.4, -0.2) is 172 Å². The number of carbonyl (C=O) groups excluding carboxylic acids is 9. The number of carboxylic acid groups (broad SMARTS) is 1. The average molecular weight is 964 g/mol. The molecule has 1 saturated heterocycles. The number of carbonyl (C=O) groups is 10. The Balaban J connectivity index is 2.20. The second-order valence-corrected chi connectivity index (χ2v) is 16.6. The highest BCUT2D eigenvalue weighted by molar-refractivity contribution is 5.98. The largest absolute Gasteiger partial charge is 0.508 e. The number of unbranched alkanes of at least 4 members (excludes halogenated alkanes) is 1. The van der Waals surface area contributed by atoms with Gasteiger partial charge in [0.2, 0.25) is 53.2 Å². The summed E-state index contributed by atoms with van der Waals surface area (Å²) in [6.07, 6.45) is 1.93. The van der Waals surface area contributed by atoms with Gasteiger partial charge < -0.3 is 79.3 Å². The summed E-state index contributed by atoms with van der Waals surface area (Å²) in [5, 5.41) is 58.1. The van der Waals surface area contributed by atoms with Crippen molar-refractivity contribution in [3.63, 3.8) is 0 Å². The summed E-state index contributed by atoms with van der Waals surface area (Å²) in [5.41, 5.74) is 11.5. The molecule has 1 fully saturated rings. The number of carboxylic acids is 1. The molecule has 1 aromatic rings. The summed E-state index contributed by atoms with van der Waals surface area (Å²) in [6, 6.07) is -6.25. The topological polar surface area (TPSA) is 403 Å². The van der Waals surface area contributed by atoms with Crippen LogP contribution in [0.25, 0.3) is 0 Å². The van der Waals surface area contributed by atoms with Gasteiger partial charge >= 0.3 is 5.97 Å². The van der Waals surface area contributed by atoms with Gasteiger partial charge in [0.1, 0.15) is 60.1 Å². The van der Waals surface area contributed by atoms with E-state index < -0.39 is 133 Å². The number of rotatable bonds is 28. The molecule has 25 heteroatoms. The van der Waals surface area contributed by atoms with Crippen LogP contribution in [0.1, 0.15) is 78.7 Å². The van der Waals surface area contributed by atoms with Gasteiger partial charge in [0.25, 0.3) is 0 Å². The van der Waals surface area contributed by atoms with Crippen LogP contribution in [0.4, 0.5) is 0 Å². The van der Waals surface area contributed by atoms with Crippen molar-refractivity contribution >= 4 is 59.1 Å². The second kappa shape index (κ2) is 28.7. The fourth-order valence-corrected chi connectivity index (χ4v) is 6.91. The monoisotopic (exact) mass is 964 g/mol. The first kappa shape index (κ1) is 57.7. The van der Waals surface area contributed by atoms with Gasteiger partial charge in [-0.05, 0) is 83.0 Å². The highest BCUT2D eigenvalue weighted by Gasteiger charge is 2.37. The fraction of sp³-hybridized carbons (Fsp3) is 0.628. The molecular weight excluding hydrogens is 895 g/mol. The van der Waals surface area contributed by atoms with Crippen LogP contribution in [0.15, 0.2) is 24.3 Å². The van der Waals surface area contributed by atoms with Crippen LogP contribution in [0.5, 0.6) is 5.75 Å². The van der Waals surface area contributed by atoms with Gasteiger partial charge in [0, 0.05) is 13.0 Å². The number of phenols is 1. The number of benzene rings is 1. The van der Waals surface area contributed by atoms with Crippen LogP contribution < -0.4 is 54.0 Å². The van der Waals surface area contributed by atoms with Crippen molar-refractivity contribution in [1.29, 1.82) is 0 Å². The number of phenolic OH excluding ortho intramolecular Hbond substituents is 1. The molecule has 0 spiro atoms. The Kier molecular flexibility index (Phi) is 24.3. The molecule has 0 saturated carbocycles. The number of hydrogen-bond acceptors (Lipinski definition) is 15. The molecule has 1 heterocycles. The van der Waals surface area contributed by atoms with E-state index in [-0.39, 0.29) is 31.7 Å². The highest BCUT2D eigenvalue weighted by atomic mass is 16.4. The maximum atomic E-state index is 14.0. The molecule has 2 rings (SSSR count). The van der Waals surface area contributed by atoms with E-state index in [0.717, 1.165) is 0 Å². The predicted molar refractivity (Wildman–Crippen MR) is 242 cm³/mol. The van der Waals surface area contributed by atoms with Crippen molar-refractivity contribution in [1.82, 2.24) is 47.4 Å². The summed E-state index contributed by atoms with van der Waals surface area (Å²) in [5.74, 6) is -9.38. The molecule has 1 aliphatic heterocycles. The molecule has 0 aromatic heterocycles. The fourth-order valence-electron chi connectivity index (χ4n) is 6.91. The van der Waals surface area contributed by atoms with E-state index in [1.165, 1.54) is 49.9 Å². The minimum absolute atomic E-state index is 0.0298. The van der Waals surface area contributed by atoms with E-state index in [2.05, 4.69) is 42.5 Å². The molecule has 0 unspecified atom stereocenters. The first-order chi connectivity index (χ1) is 32.1. The number of nitrogens with one attached hydrogen (secondary N) is 8. The molecular formula is C43H69N11O14. The van der Waals surface area contributed by atoms with Crippen molar-refractivity contribution < 1.29 is 68.4 Å². The maximum Gasteiger partial charge on any atom is 0.328 e. The first-order valence-electron chi connectivity index (χ1n) is 22.5. The summed E-state index contributed by atoms with van der Waals surface area (Å²) >= 11 is 0. The van der Waals surface area contributed by atoms with Crippen LogP contribution >= 0.6 is 0 Å². The lowest BCUT2D eigenvalue weighted by Crippen LogP contribution is -2.61. The Hall–Kier alpha value is -6.44. The molecule has 0 aliphatic carbocycles. The van der Waals surface area contributed by atoms with Gasteiger partial charge in [-0.1, -0.05) is 32.4 Å². The van der Waals surface area contributed by atoms with E-state index in [0.29, 0.717) is 44.2 Å². The second-order valence-electron chi connectivity index (χ2n) is 16.6. The van der Waals surface area contributed by atoms with Crippen molar-refractivity contribution in [3.8, 4) is 5.75 Å². The molecule has 0 radical (unpaired) electrons. The summed E-state index contributed by atoms with van der Waals surface area (Å²) in [7, 11) is 0. The number of aliphatic carboxylic acids is 1. The summed E-state index contributed by atoms with van der Waals surface area (Å²) in [6.45, 7) is 5.75. The zero-order valence-electron chi connectivity index (χ0n) is 39.0. The zero-order chi connectivity index (χ0) is 51.2. The lowest BCUT2D eigenvalue weighted by atomic mass is 9.96. The van der Waals surface area contributed by atoms with Gasteiger partial charge in [0.15, 0.2) is 0 Å². The smallest absolute Gasteiger partial charge is 0.328 e. The third-order valence-corrected chi connectivity index (χ3v) is 11.3. The number of amides is 9. The van der Waals surface area contributed by atoms with Gasteiger partial charge in [-0.3, -0.25) is 43.2 Å². The Morgan fingerprint density at radius 3 is 1.69 bits per heavy atom. The van der Waals surface area contributed by atoms with E-state index in [1.807, 2.05) is 0 Å². The third-order valence-electron chi connectivity index (χ3n) is 11.3. The molecule has 1 aliphatic rings. The number of nitrogens with two attached hydrogens (primary N) is 2.